The van der Waals surface area contributed by atoms with Gasteiger partial charge >= 0.3 is 5.97 Å². The van der Waals surface area contributed by atoms with E-state index in [-0.39, 0.29) is 36.5 Å². The predicted molar refractivity (Wildman–Crippen MR) is 153 cm³/mol. The summed E-state index contributed by atoms with van der Waals surface area (Å²) < 4.78 is 0. The molecule has 2 unspecified atom stereocenters. The lowest BCUT2D eigenvalue weighted by atomic mass is 9.92. The van der Waals surface area contributed by atoms with Crippen LogP contribution in [-0.4, -0.2) is 47.9 Å². The van der Waals surface area contributed by atoms with Gasteiger partial charge in [-0.25, -0.2) is 4.79 Å². The Morgan fingerprint density at radius 1 is 0.763 bits per heavy atom. The summed E-state index contributed by atoms with van der Waals surface area (Å²) in [5.74, 6) is -2.94. The topological polar surface area (TPSA) is 125 Å². The van der Waals surface area contributed by atoms with Gasteiger partial charge in [0.2, 0.25) is 17.7 Å². The van der Waals surface area contributed by atoms with Crippen LogP contribution >= 0.6 is 0 Å². The van der Waals surface area contributed by atoms with E-state index in [1.54, 1.807) is 6.08 Å². The van der Waals surface area contributed by atoms with E-state index in [2.05, 4.69) is 36.0 Å². The number of carbonyl (C=O) groups is 4. The van der Waals surface area contributed by atoms with Crippen molar-refractivity contribution in [1.29, 1.82) is 0 Å². The molecule has 0 spiro atoms. The summed E-state index contributed by atoms with van der Waals surface area (Å²) in [7, 11) is 1.48. The van der Waals surface area contributed by atoms with Crippen LogP contribution in [0, 0.1) is 17.8 Å². The Morgan fingerprint density at radius 2 is 1.37 bits per heavy atom. The van der Waals surface area contributed by atoms with Crippen molar-refractivity contribution in [2.45, 2.75) is 116 Å². The molecule has 0 aromatic rings. The van der Waals surface area contributed by atoms with Gasteiger partial charge in [0.1, 0.15) is 12.1 Å². The fraction of sp³-hybridized carbons (Fsp3) is 0.733. The molecule has 0 aliphatic rings. The molecule has 0 aliphatic heterocycles. The highest BCUT2D eigenvalue weighted by atomic mass is 16.4. The van der Waals surface area contributed by atoms with Gasteiger partial charge in [-0.2, -0.15) is 0 Å². The van der Waals surface area contributed by atoms with Crippen LogP contribution < -0.4 is 16.0 Å². The molecule has 0 radical (unpaired) electrons. The van der Waals surface area contributed by atoms with Crippen molar-refractivity contribution >= 4 is 23.7 Å². The maximum Gasteiger partial charge on any atom is 0.326 e. The SMILES string of the molecule is C=CCCCCC(CCCCCCC)C(=O)N[C@@H](CC(C)C)C(=O)N[C@@H](CC(CC=C)C(=O)NC)C(=O)O. The van der Waals surface area contributed by atoms with E-state index in [1.807, 2.05) is 19.9 Å². The van der Waals surface area contributed by atoms with Gasteiger partial charge < -0.3 is 21.1 Å². The van der Waals surface area contributed by atoms with Crippen molar-refractivity contribution in [1.82, 2.24) is 16.0 Å². The first-order chi connectivity index (χ1) is 18.1. The van der Waals surface area contributed by atoms with Crippen LogP contribution in [0.15, 0.2) is 25.3 Å². The standard InChI is InChI=1S/C30H53N3O5/c1-7-10-12-14-16-19-23(18-15-13-11-8-2)28(35)32-25(20-22(4)5)29(36)33-26(30(37)38)21-24(17-9-3)27(34)31-6/h8-9,22-26H,2-3,7,10-21H2,1,4-6H3,(H,31,34)(H,32,35)(H,33,36)(H,37,38)/t23?,24?,25-,26-/m0/s1. The minimum absolute atomic E-state index is 0.0706. The average Bonchev–Trinajstić information content (AvgIpc) is 2.87. The molecular formula is C30H53N3O5. The second kappa shape index (κ2) is 21.3. The third kappa shape index (κ3) is 15.6. The first-order valence-corrected chi connectivity index (χ1v) is 14.4. The summed E-state index contributed by atoms with van der Waals surface area (Å²) in [6, 6.07) is -2.11. The molecule has 0 fully saturated rings. The van der Waals surface area contributed by atoms with Crippen molar-refractivity contribution in [3.63, 3.8) is 0 Å². The van der Waals surface area contributed by atoms with Crippen LogP contribution in [0.2, 0.25) is 0 Å². The molecule has 0 saturated heterocycles. The molecule has 0 aliphatic carbocycles. The first-order valence-electron chi connectivity index (χ1n) is 14.4. The van der Waals surface area contributed by atoms with E-state index in [9.17, 15) is 24.3 Å². The van der Waals surface area contributed by atoms with Crippen molar-refractivity contribution in [3.8, 4) is 0 Å². The van der Waals surface area contributed by atoms with Crippen LogP contribution in [0.4, 0.5) is 0 Å². The van der Waals surface area contributed by atoms with E-state index < -0.39 is 29.9 Å². The second-order valence-electron chi connectivity index (χ2n) is 10.6. The molecule has 4 N–H and O–H groups in total. The zero-order valence-electron chi connectivity index (χ0n) is 24.2. The third-order valence-electron chi connectivity index (χ3n) is 6.78. The molecule has 0 rings (SSSR count). The Balaban J connectivity index is 5.50. The third-order valence-corrected chi connectivity index (χ3v) is 6.78. The number of allylic oxidation sites excluding steroid dienone is 2. The Labute approximate surface area is 230 Å². The maximum atomic E-state index is 13.3. The van der Waals surface area contributed by atoms with Gasteiger partial charge in [0.05, 0.1) is 0 Å². The zero-order valence-corrected chi connectivity index (χ0v) is 24.2. The number of unbranched alkanes of at least 4 members (excludes halogenated alkanes) is 6. The average molecular weight is 536 g/mol. The Hall–Kier alpha value is -2.64. The monoisotopic (exact) mass is 535 g/mol. The molecule has 0 saturated carbocycles. The van der Waals surface area contributed by atoms with Crippen LogP contribution in [0.5, 0.6) is 0 Å². The van der Waals surface area contributed by atoms with E-state index in [4.69, 9.17) is 0 Å². The predicted octanol–water partition coefficient (Wildman–Crippen LogP) is 5.14. The number of hydrogen-bond donors (Lipinski definition) is 4. The van der Waals surface area contributed by atoms with Gasteiger partial charge in [-0.3, -0.25) is 14.4 Å². The Bertz CT molecular complexity index is 737. The highest BCUT2D eigenvalue weighted by molar-refractivity contribution is 5.91. The number of carboxylic acids is 1. The van der Waals surface area contributed by atoms with Gasteiger partial charge in [-0.15, -0.1) is 13.2 Å². The van der Waals surface area contributed by atoms with Gasteiger partial charge in [0.15, 0.2) is 0 Å². The van der Waals surface area contributed by atoms with E-state index in [1.165, 1.54) is 13.5 Å². The van der Waals surface area contributed by atoms with Crippen molar-refractivity contribution in [3.05, 3.63) is 25.3 Å². The molecule has 0 aromatic carbocycles. The first kappa shape index (κ1) is 35.4. The normalized spacial score (nSPS) is 14.1. The molecule has 8 heteroatoms. The van der Waals surface area contributed by atoms with Crippen molar-refractivity contribution < 1.29 is 24.3 Å². The lowest BCUT2D eigenvalue weighted by Crippen LogP contribution is -2.53. The fourth-order valence-corrected chi connectivity index (χ4v) is 4.57. The molecule has 8 nitrogen and oxygen atoms in total. The highest BCUT2D eigenvalue weighted by Gasteiger charge is 2.31. The molecule has 0 bridgehead atoms. The minimum atomic E-state index is -1.26. The van der Waals surface area contributed by atoms with Gasteiger partial charge in [-0.1, -0.05) is 71.4 Å². The maximum absolute atomic E-state index is 13.3. The van der Waals surface area contributed by atoms with Crippen LogP contribution in [0.25, 0.3) is 0 Å². The van der Waals surface area contributed by atoms with Gasteiger partial charge in [0.25, 0.3) is 0 Å². The lowest BCUT2D eigenvalue weighted by molar-refractivity contribution is -0.143. The Kier molecular flexibility index (Phi) is 19.8. The number of nitrogens with one attached hydrogen (secondary N) is 3. The summed E-state index contributed by atoms with van der Waals surface area (Å²) >= 11 is 0. The van der Waals surface area contributed by atoms with Crippen LogP contribution in [0.3, 0.4) is 0 Å². The molecule has 3 amide bonds. The quantitative estimate of drug-likeness (QED) is 0.107. The number of hydrogen-bond acceptors (Lipinski definition) is 4. The molecule has 0 aromatic heterocycles. The van der Waals surface area contributed by atoms with Gasteiger partial charge in [0, 0.05) is 18.9 Å². The molecule has 38 heavy (non-hydrogen) atoms. The number of aliphatic carboxylic acids is 1. The second-order valence-corrected chi connectivity index (χ2v) is 10.6. The Morgan fingerprint density at radius 3 is 1.89 bits per heavy atom. The molecule has 0 heterocycles. The summed E-state index contributed by atoms with van der Waals surface area (Å²) in [4.78, 5) is 50.7. The number of carboxylic acid groups (broad SMARTS) is 1. The van der Waals surface area contributed by atoms with E-state index in [0.717, 1.165) is 57.8 Å². The number of rotatable bonds is 23. The summed E-state index contributed by atoms with van der Waals surface area (Å²) in [6.07, 6.45) is 13.9. The van der Waals surface area contributed by atoms with Gasteiger partial charge in [-0.05, 0) is 50.9 Å². The van der Waals surface area contributed by atoms with Crippen molar-refractivity contribution in [2.24, 2.45) is 17.8 Å². The van der Waals surface area contributed by atoms with E-state index in [0.29, 0.717) is 6.42 Å². The fourth-order valence-electron chi connectivity index (χ4n) is 4.57. The molecular weight excluding hydrogens is 482 g/mol. The minimum Gasteiger partial charge on any atom is -0.480 e. The smallest absolute Gasteiger partial charge is 0.326 e. The summed E-state index contributed by atoms with van der Waals surface area (Å²) in [6.45, 7) is 13.5. The lowest BCUT2D eigenvalue weighted by Gasteiger charge is -2.26. The summed E-state index contributed by atoms with van der Waals surface area (Å²) in [5.41, 5.74) is 0. The molecule has 218 valence electrons. The molecule has 4 atom stereocenters. The zero-order chi connectivity index (χ0) is 28.9. The van der Waals surface area contributed by atoms with E-state index >= 15 is 0 Å². The van der Waals surface area contributed by atoms with Crippen LogP contribution in [-0.2, 0) is 19.2 Å². The summed E-state index contributed by atoms with van der Waals surface area (Å²) in [5, 5.41) is 17.8. The van der Waals surface area contributed by atoms with Crippen molar-refractivity contribution in [2.75, 3.05) is 7.05 Å². The number of carbonyl (C=O) groups excluding carboxylic acids is 3. The number of amides is 3. The largest absolute Gasteiger partial charge is 0.480 e. The highest BCUT2D eigenvalue weighted by Crippen LogP contribution is 2.20. The van der Waals surface area contributed by atoms with Crippen LogP contribution in [0.1, 0.15) is 104 Å².